The first-order valence-electron chi connectivity index (χ1n) is 16.3. The van der Waals surface area contributed by atoms with Gasteiger partial charge in [0.1, 0.15) is 17.2 Å². The number of para-hydroxylation sites is 1. The maximum Gasteiger partial charge on any atom is 0.127 e. The van der Waals surface area contributed by atoms with Gasteiger partial charge in [0.05, 0.1) is 65.6 Å². The molecule has 47 heavy (non-hydrogen) atoms. The zero-order valence-corrected chi connectivity index (χ0v) is 27.7. The summed E-state index contributed by atoms with van der Waals surface area (Å²) in [5.74, 6) is 2.42. The molecule has 1 fully saturated rings. The van der Waals surface area contributed by atoms with Crippen LogP contribution in [0.25, 0.3) is 10.8 Å². The highest BCUT2D eigenvalue weighted by Gasteiger charge is 2.36. The minimum atomic E-state index is -0.596. The Morgan fingerprint density at radius 1 is 0.830 bits per heavy atom. The molecule has 0 aromatic heterocycles. The summed E-state index contributed by atoms with van der Waals surface area (Å²) in [6.45, 7) is 4.11. The van der Waals surface area contributed by atoms with Crippen LogP contribution in [0.15, 0.2) is 84.9 Å². The molecule has 1 aliphatic rings. The van der Waals surface area contributed by atoms with Gasteiger partial charge >= 0.3 is 0 Å². The van der Waals surface area contributed by atoms with Crippen LogP contribution in [0.5, 0.6) is 17.2 Å². The van der Waals surface area contributed by atoms with Crippen molar-refractivity contribution >= 4 is 10.8 Å². The largest absolute Gasteiger partial charge is 0.496 e. The van der Waals surface area contributed by atoms with E-state index in [1.165, 1.54) is 0 Å². The quantitative estimate of drug-likeness (QED) is 0.128. The van der Waals surface area contributed by atoms with Crippen LogP contribution in [-0.4, -0.2) is 84.1 Å². The van der Waals surface area contributed by atoms with Crippen LogP contribution in [0.2, 0.25) is 0 Å². The summed E-state index contributed by atoms with van der Waals surface area (Å²) in [4.78, 5) is 0. The van der Waals surface area contributed by atoms with Crippen molar-refractivity contribution in [2.24, 2.45) is 0 Å². The van der Waals surface area contributed by atoms with Crippen molar-refractivity contribution in [3.63, 3.8) is 0 Å². The SMILES string of the molecule is CNC[C@@H](O)CO[C@@H]1CNC[C@H](OCc2cc(OC)c3ccccc3c2)[C@H]1c1ccc(OCCCOCc2ccccc2OC)cc1. The number of piperidine rings is 1. The van der Waals surface area contributed by atoms with Crippen LogP contribution in [0.3, 0.4) is 0 Å². The third kappa shape index (κ3) is 9.67. The number of likely N-dealkylation sites (N-methyl/N-ethyl adjacent to an activating group) is 1. The molecule has 9 heteroatoms. The van der Waals surface area contributed by atoms with Crippen molar-refractivity contribution in [2.75, 3.05) is 60.7 Å². The molecule has 0 saturated carbocycles. The smallest absolute Gasteiger partial charge is 0.127 e. The molecule has 0 bridgehead atoms. The van der Waals surface area contributed by atoms with Gasteiger partial charge < -0.3 is 44.2 Å². The molecule has 4 aromatic rings. The van der Waals surface area contributed by atoms with E-state index in [1.54, 1.807) is 14.2 Å². The number of benzene rings is 4. The molecule has 9 nitrogen and oxygen atoms in total. The summed E-state index contributed by atoms with van der Waals surface area (Å²) in [5.41, 5.74) is 3.18. The normalized spacial score (nSPS) is 18.6. The van der Waals surface area contributed by atoms with Gasteiger partial charge in [-0.3, -0.25) is 0 Å². The number of methoxy groups -OCH3 is 2. The number of hydrogen-bond acceptors (Lipinski definition) is 9. The van der Waals surface area contributed by atoms with Crippen LogP contribution < -0.4 is 24.8 Å². The molecular formula is C38H48N2O7. The molecule has 1 heterocycles. The van der Waals surface area contributed by atoms with Crippen molar-refractivity contribution in [2.45, 2.75) is 43.9 Å². The van der Waals surface area contributed by atoms with Crippen LogP contribution in [0.4, 0.5) is 0 Å². The Morgan fingerprint density at radius 3 is 2.36 bits per heavy atom. The summed E-state index contributed by atoms with van der Waals surface area (Å²) < 4.78 is 35.9. The number of rotatable bonds is 18. The van der Waals surface area contributed by atoms with E-state index in [-0.39, 0.29) is 24.7 Å². The molecule has 0 amide bonds. The summed E-state index contributed by atoms with van der Waals surface area (Å²) in [7, 11) is 5.18. The van der Waals surface area contributed by atoms with Gasteiger partial charge in [0.2, 0.25) is 0 Å². The summed E-state index contributed by atoms with van der Waals surface area (Å²) >= 11 is 0. The molecule has 4 aromatic carbocycles. The molecule has 3 N–H and O–H groups in total. The minimum absolute atomic E-state index is 0.0437. The fraction of sp³-hybridized carbons (Fsp3) is 0.421. The molecule has 5 rings (SSSR count). The molecule has 0 aliphatic carbocycles. The first-order chi connectivity index (χ1) is 23.1. The lowest BCUT2D eigenvalue weighted by molar-refractivity contribution is -0.0769. The van der Waals surface area contributed by atoms with Crippen molar-refractivity contribution in [1.29, 1.82) is 0 Å². The van der Waals surface area contributed by atoms with E-state index in [9.17, 15) is 5.11 Å². The average molecular weight is 645 g/mol. The number of aliphatic hydroxyl groups is 1. The van der Waals surface area contributed by atoms with Gasteiger partial charge in [-0.2, -0.15) is 0 Å². The standard InChI is InChI=1S/C38H48N2O7/c1-39-21-31(41)26-47-37-23-40-22-36(46-24-27-19-29-9-4-6-11-33(29)35(20-27)43-3)38(37)28-13-15-32(16-14-28)45-18-8-17-44-25-30-10-5-7-12-34(30)42-2/h4-7,9-16,19-20,31,36-41H,8,17-18,21-26H2,1-3H3/t31-,36+,37-,38-/m1/s1. The van der Waals surface area contributed by atoms with E-state index in [1.807, 2.05) is 61.6 Å². The van der Waals surface area contributed by atoms with Crippen molar-refractivity contribution in [3.8, 4) is 17.2 Å². The molecule has 4 atom stereocenters. The van der Waals surface area contributed by atoms with Crippen molar-refractivity contribution in [3.05, 3.63) is 102 Å². The van der Waals surface area contributed by atoms with E-state index in [4.69, 9.17) is 28.4 Å². The second-order valence-corrected chi connectivity index (χ2v) is 11.8. The van der Waals surface area contributed by atoms with Crippen molar-refractivity contribution in [1.82, 2.24) is 10.6 Å². The molecular weight excluding hydrogens is 596 g/mol. The molecule has 1 saturated heterocycles. The lowest BCUT2D eigenvalue weighted by Crippen LogP contribution is -2.51. The molecule has 252 valence electrons. The summed E-state index contributed by atoms with van der Waals surface area (Å²) in [6.07, 6.45) is -0.161. The van der Waals surface area contributed by atoms with Gasteiger partial charge in [0.25, 0.3) is 0 Å². The van der Waals surface area contributed by atoms with Crippen LogP contribution >= 0.6 is 0 Å². The summed E-state index contributed by atoms with van der Waals surface area (Å²) in [5, 5.41) is 19.0. The van der Waals surface area contributed by atoms with E-state index < -0.39 is 6.10 Å². The Morgan fingerprint density at radius 2 is 1.57 bits per heavy atom. The number of aliphatic hydroxyl groups excluding tert-OH is 1. The molecule has 0 unspecified atom stereocenters. The number of ether oxygens (including phenoxy) is 6. The van der Waals surface area contributed by atoms with Crippen LogP contribution in [0, 0.1) is 0 Å². The van der Waals surface area contributed by atoms with E-state index in [0.29, 0.717) is 46.1 Å². The highest BCUT2D eigenvalue weighted by atomic mass is 16.5. The highest BCUT2D eigenvalue weighted by molar-refractivity contribution is 5.89. The maximum absolute atomic E-state index is 10.4. The predicted molar refractivity (Wildman–Crippen MR) is 184 cm³/mol. The van der Waals surface area contributed by atoms with Gasteiger partial charge in [-0.05, 0) is 53.9 Å². The number of nitrogens with one attached hydrogen (secondary N) is 2. The molecule has 0 radical (unpaired) electrons. The third-order valence-corrected chi connectivity index (χ3v) is 8.42. The fourth-order valence-corrected chi connectivity index (χ4v) is 6.08. The number of hydrogen-bond donors (Lipinski definition) is 3. The first kappa shape index (κ1) is 34.6. The second-order valence-electron chi connectivity index (χ2n) is 11.8. The second kappa shape index (κ2) is 18.0. The van der Waals surface area contributed by atoms with Crippen LogP contribution in [-0.2, 0) is 27.4 Å². The Kier molecular flexibility index (Phi) is 13.3. The van der Waals surface area contributed by atoms with Gasteiger partial charge in [-0.1, -0.05) is 54.6 Å². The van der Waals surface area contributed by atoms with E-state index in [0.717, 1.165) is 51.1 Å². The minimum Gasteiger partial charge on any atom is -0.496 e. The Labute approximate surface area is 278 Å². The van der Waals surface area contributed by atoms with Crippen LogP contribution in [0.1, 0.15) is 29.0 Å². The van der Waals surface area contributed by atoms with Gasteiger partial charge in [-0.25, -0.2) is 0 Å². The zero-order valence-electron chi connectivity index (χ0n) is 27.7. The third-order valence-electron chi connectivity index (χ3n) is 8.42. The van der Waals surface area contributed by atoms with Crippen molar-refractivity contribution < 1.29 is 33.5 Å². The molecule has 1 aliphatic heterocycles. The lowest BCUT2D eigenvalue weighted by Gasteiger charge is -2.39. The van der Waals surface area contributed by atoms with Gasteiger partial charge in [0, 0.05) is 42.9 Å². The Bertz CT molecular complexity index is 1520. The number of fused-ring (bicyclic) bond motifs is 1. The zero-order chi connectivity index (χ0) is 32.8. The maximum atomic E-state index is 10.4. The average Bonchev–Trinajstić information content (AvgIpc) is 3.11. The first-order valence-corrected chi connectivity index (χ1v) is 16.3. The van der Waals surface area contributed by atoms with Gasteiger partial charge in [0.15, 0.2) is 0 Å². The van der Waals surface area contributed by atoms with E-state index >= 15 is 0 Å². The van der Waals surface area contributed by atoms with E-state index in [2.05, 4.69) is 41.0 Å². The Hall–Kier alpha value is -3.70. The monoisotopic (exact) mass is 644 g/mol. The highest BCUT2D eigenvalue weighted by Crippen LogP contribution is 2.33. The fourth-order valence-electron chi connectivity index (χ4n) is 6.08. The lowest BCUT2D eigenvalue weighted by atomic mass is 9.85. The molecule has 0 spiro atoms. The predicted octanol–water partition coefficient (Wildman–Crippen LogP) is 5.08. The summed E-state index contributed by atoms with van der Waals surface area (Å²) in [6, 6.07) is 28.5. The topological polar surface area (TPSA) is 99.7 Å². The Balaban J connectivity index is 1.21. The van der Waals surface area contributed by atoms with Gasteiger partial charge in [-0.15, -0.1) is 0 Å².